The smallest absolute Gasteiger partial charge is 0.171 e. The highest BCUT2D eigenvalue weighted by Crippen LogP contribution is 2.48. The molecule has 0 aliphatic heterocycles. The quantitative estimate of drug-likeness (QED) is 0.830. The van der Waals surface area contributed by atoms with Gasteiger partial charge in [0.2, 0.25) is 0 Å². The van der Waals surface area contributed by atoms with Crippen molar-refractivity contribution in [2.75, 3.05) is 6.54 Å². The van der Waals surface area contributed by atoms with Crippen LogP contribution in [0.15, 0.2) is 18.2 Å². The first-order chi connectivity index (χ1) is 7.09. The van der Waals surface area contributed by atoms with Crippen LogP contribution in [0.3, 0.4) is 0 Å². The van der Waals surface area contributed by atoms with Crippen molar-refractivity contribution >= 4 is 29.0 Å². The summed E-state index contributed by atoms with van der Waals surface area (Å²) < 4.78 is 0. The van der Waals surface area contributed by atoms with E-state index in [1.165, 1.54) is 0 Å². The van der Waals surface area contributed by atoms with Gasteiger partial charge in [0, 0.05) is 22.5 Å². The standard InChI is InChI=1S/C11H11Cl2NO/c12-7-1-2-8(9(13)5-7)10(15)11(6-14)3-4-11/h1-2,5H,3-4,6,14H2. The van der Waals surface area contributed by atoms with Gasteiger partial charge in [-0.25, -0.2) is 0 Å². The molecule has 4 heteroatoms. The van der Waals surface area contributed by atoms with E-state index >= 15 is 0 Å². The molecule has 2 N–H and O–H groups in total. The van der Waals surface area contributed by atoms with Crippen LogP contribution in [0, 0.1) is 5.41 Å². The molecule has 80 valence electrons. The minimum Gasteiger partial charge on any atom is -0.329 e. The van der Waals surface area contributed by atoms with E-state index in [-0.39, 0.29) is 11.2 Å². The fourth-order valence-corrected chi connectivity index (χ4v) is 2.13. The maximum Gasteiger partial charge on any atom is 0.171 e. The van der Waals surface area contributed by atoms with Gasteiger partial charge in [0.1, 0.15) is 0 Å². The summed E-state index contributed by atoms with van der Waals surface area (Å²) in [6.07, 6.45) is 1.72. The van der Waals surface area contributed by atoms with Crippen LogP contribution in [0.4, 0.5) is 0 Å². The molecule has 15 heavy (non-hydrogen) atoms. The summed E-state index contributed by atoms with van der Waals surface area (Å²) in [4.78, 5) is 12.1. The fraction of sp³-hybridized carbons (Fsp3) is 0.364. The third kappa shape index (κ3) is 1.89. The average molecular weight is 244 g/mol. The molecule has 1 saturated carbocycles. The number of halogens is 2. The third-order valence-electron chi connectivity index (χ3n) is 2.90. The maximum absolute atomic E-state index is 12.1. The summed E-state index contributed by atoms with van der Waals surface area (Å²) >= 11 is 11.7. The van der Waals surface area contributed by atoms with Crippen molar-refractivity contribution in [1.29, 1.82) is 0 Å². The monoisotopic (exact) mass is 243 g/mol. The van der Waals surface area contributed by atoms with Crippen molar-refractivity contribution in [3.05, 3.63) is 33.8 Å². The molecule has 1 aromatic carbocycles. The highest BCUT2D eigenvalue weighted by atomic mass is 35.5. The van der Waals surface area contributed by atoms with E-state index in [0.29, 0.717) is 22.2 Å². The van der Waals surface area contributed by atoms with E-state index in [9.17, 15) is 4.79 Å². The highest BCUT2D eigenvalue weighted by Gasteiger charge is 2.48. The summed E-state index contributed by atoms with van der Waals surface area (Å²) in [6, 6.07) is 4.93. The summed E-state index contributed by atoms with van der Waals surface area (Å²) in [5.41, 5.74) is 5.78. The molecule has 0 aromatic heterocycles. The van der Waals surface area contributed by atoms with E-state index < -0.39 is 0 Å². The molecule has 0 unspecified atom stereocenters. The normalized spacial score (nSPS) is 17.5. The van der Waals surface area contributed by atoms with Gasteiger partial charge in [-0.1, -0.05) is 23.2 Å². The fourth-order valence-electron chi connectivity index (χ4n) is 1.63. The van der Waals surface area contributed by atoms with Crippen LogP contribution in [-0.2, 0) is 0 Å². The molecule has 1 fully saturated rings. The Morgan fingerprint density at radius 2 is 2.07 bits per heavy atom. The molecule has 0 spiro atoms. The lowest BCUT2D eigenvalue weighted by atomic mass is 9.95. The molecule has 0 bridgehead atoms. The lowest BCUT2D eigenvalue weighted by Crippen LogP contribution is -2.25. The number of hydrogen-bond acceptors (Lipinski definition) is 2. The molecule has 0 radical (unpaired) electrons. The van der Waals surface area contributed by atoms with Gasteiger partial charge in [-0.2, -0.15) is 0 Å². The summed E-state index contributed by atoms with van der Waals surface area (Å²) in [7, 11) is 0. The minimum atomic E-state index is -0.350. The van der Waals surface area contributed by atoms with Crippen LogP contribution in [0.5, 0.6) is 0 Å². The minimum absolute atomic E-state index is 0.0478. The second kappa shape index (κ2) is 3.78. The molecule has 0 amide bonds. The molecular formula is C11H11Cl2NO. The van der Waals surface area contributed by atoms with Gasteiger partial charge in [0.05, 0.1) is 5.02 Å². The molecule has 1 aliphatic carbocycles. The highest BCUT2D eigenvalue weighted by molar-refractivity contribution is 6.37. The number of Topliss-reactive ketones (excluding diaryl/α,β-unsaturated/α-hetero) is 1. The number of carbonyl (C=O) groups excluding carboxylic acids is 1. The summed E-state index contributed by atoms with van der Waals surface area (Å²) in [5.74, 6) is 0.0478. The molecule has 1 aromatic rings. The molecule has 2 nitrogen and oxygen atoms in total. The molecular weight excluding hydrogens is 233 g/mol. The Kier molecular flexibility index (Phi) is 2.75. The van der Waals surface area contributed by atoms with Crippen molar-refractivity contribution in [3.8, 4) is 0 Å². The van der Waals surface area contributed by atoms with Gasteiger partial charge < -0.3 is 5.73 Å². The zero-order valence-corrected chi connectivity index (χ0v) is 9.61. The van der Waals surface area contributed by atoms with Crippen molar-refractivity contribution in [1.82, 2.24) is 0 Å². The van der Waals surface area contributed by atoms with E-state index in [0.717, 1.165) is 12.8 Å². The summed E-state index contributed by atoms with van der Waals surface area (Å²) in [6.45, 7) is 0.394. The Morgan fingerprint density at radius 3 is 2.53 bits per heavy atom. The topological polar surface area (TPSA) is 43.1 Å². The predicted molar refractivity (Wildman–Crippen MR) is 61.5 cm³/mol. The zero-order chi connectivity index (χ0) is 11.1. The van der Waals surface area contributed by atoms with E-state index in [4.69, 9.17) is 28.9 Å². The molecule has 0 atom stereocenters. The number of carbonyl (C=O) groups is 1. The number of hydrogen-bond donors (Lipinski definition) is 1. The Labute approximate surface area is 98.4 Å². The lowest BCUT2D eigenvalue weighted by molar-refractivity contribution is 0.0906. The first-order valence-corrected chi connectivity index (χ1v) is 5.54. The van der Waals surface area contributed by atoms with Gasteiger partial charge in [-0.15, -0.1) is 0 Å². The number of ketones is 1. The van der Waals surface area contributed by atoms with Gasteiger partial charge >= 0.3 is 0 Å². The van der Waals surface area contributed by atoms with Crippen LogP contribution >= 0.6 is 23.2 Å². The third-order valence-corrected chi connectivity index (χ3v) is 3.45. The number of rotatable bonds is 3. The van der Waals surface area contributed by atoms with Gasteiger partial charge in [0.25, 0.3) is 0 Å². The Hall–Kier alpha value is -0.570. The maximum atomic E-state index is 12.1. The van der Waals surface area contributed by atoms with Crippen LogP contribution in [0.1, 0.15) is 23.2 Å². The summed E-state index contributed by atoms with van der Waals surface area (Å²) in [5, 5.41) is 0.946. The van der Waals surface area contributed by atoms with Crippen molar-refractivity contribution in [3.63, 3.8) is 0 Å². The van der Waals surface area contributed by atoms with Crippen molar-refractivity contribution < 1.29 is 4.79 Å². The largest absolute Gasteiger partial charge is 0.329 e. The zero-order valence-electron chi connectivity index (χ0n) is 8.09. The lowest BCUT2D eigenvalue weighted by Gasteiger charge is -2.12. The SMILES string of the molecule is NCC1(C(=O)c2ccc(Cl)cc2Cl)CC1. The van der Waals surface area contributed by atoms with E-state index in [1.807, 2.05) is 0 Å². The average Bonchev–Trinajstić information content (AvgIpc) is 2.97. The van der Waals surface area contributed by atoms with Crippen LogP contribution < -0.4 is 5.73 Å². The number of benzene rings is 1. The van der Waals surface area contributed by atoms with Crippen LogP contribution in [-0.4, -0.2) is 12.3 Å². The Bertz CT molecular complexity index is 413. The molecule has 0 heterocycles. The van der Waals surface area contributed by atoms with Gasteiger partial charge in [-0.3, -0.25) is 4.79 Å². The second-order valence-electron chi connectivity index (χ2n) is 3.94. The van der Waals surface area contributed by atoms with Crippen molar-refractivity contribution in [2.45, 2.75) is 12.8 Å². The van der Waals surface area contributed by atoms with E-state index in [2.05, 4.69) is 0 Å². The Balaban J connectivity index is 2.34. The second-order valence-corrected chi connectivity index (χ2v) is 4.78. The van der Waals surface area contributed by atoms with Crippen molar-refractivity contribution in [2.24, 2.45) is 11.1 Å². The van der Waals surface area contributed by atoms with Gasteiger partial charge in [0.15, 0.2) is 5.78 Å². The van der Waals surface area contributed by atoms with Crippen LogP contribution in [0.2, 0.25) is 10.0 Å². The van der Waals surface area contributed by atoms with Crippen LogP contribution in [0.25, 0.3) is 0 Å². The molecule has 2 rings (SSSR count). The van der Waals surface area contributed by atoms with E-state index in [1.54, 1.807) is 18.2 Å². The molecule has 1 aliphatic rings. The predicted octanol–water partition coefficient (Wildman–Crippen LogP) is 2.92. The number of nitrogens with two attached hydrogens (primary N) is 1. The first kappa shape index (κ1) is 10.9. The first-order valence-electron chi connectivity index (χ1n) is 4.79. The van der Waals surface area contributed by atoms with Gasteiger partial charge in [-0.05, 0) is 31.0 Å². The molecule has 0 saturated heterocycles. The Morgan fingerprint density at radius 1 is 1.40 bits per heavy atom.